The molecule has 2 aromatic carbocycles. The first kappa shape index (κ1) is 17.0. The molecule has 6 heteroatoms. The topological polar surface area (TPSA) is 70.7 Å². The first-order chi connectivity index (χ1) is 13.2. The van der Waals surface area contributed by atoms with Gasteiger partial charge in [-0.3, -0.25) is 9.80 Å². The molecule has 0 atom stereocenters. The van der Waals surface area contributed by atoms with Crippen molar-refractivity contribution in [2.45, 2.75) is 19.9 Å². The van der Waals surface area contributed by atoms with Crippen LogP contribution in [0.25, 0.3) is 11.3 Å². The smallest absolute Gasteiger partial charge is 0.251 e. The largest absolute Gasteiger partial charge is 0.359 e. The maximum absolute atomic E-state index is 12.4. The van der Waals surface area contributed by atoms with Crippen LogP contribution in [0.4, 0.5) is 5.69 Å². The average Bonchev–Trinajstić information content (AvgIpc) is 3.36. The monoisotopic (exact) mass is 360 g/mol. The predicted octanol–water partition coefficient (Wildman–Crippen LogP) is 3.86. The van der Waals surface area contributed by atoms with E-state index in [0.29, 0.717) is 11.3 Å². The van der Waals surface area contributed by atoms with Crippen LogP contribution in [0.5, 0.6) is 0 Å². The van der Waals surface area contributed by atoms with Gasteiger partial charge in [0, 0.05) is 35.9 Å². The lowest BCUT2D eigenvalue weighted by atomic mass is 10.1. The van der Waals surface area contributed by atoms with Gasteiger partial charge >= 0.3 is 0 Å². The van der Waals surface area contributed by atoms with Gasteiger partial charge in [-0.2, -0.15) is 5.10 Å². The van der Waals surface area contributed by atoms with Crippen molar-refractivity contribution in [3.8, 4) is 11.3 Å². The van der Waals surface area contributed by atoms with E-state index in [1.54, 1.807) is 0 Å². The average molecular weight is 360 g/mol. The van der Waals surface area contributed by atoms with Gasteiger partial charge in [0.25, 0.3) is 5.91 Å². The zero-order valence-corrected chi connectivity index (χ0v) is 15.1. The molecule has 1 N–H and O–H groups in total. The molecule has 136 valence electrons. The highest BCUT2D eigenvalue weighted by atomic mass is 16.5. The summed E-state index contributed by atoms with van der Waals surface area (Å²) in [6.07, 6.45) is 0.977. The summed E-state index contributed by atoms with van der Waals surface area (Å²) in [5.74, 6) is 0.459. The summed E-state index contributed by atoms with van der Waals surface area (Å²) in [4.78, 5) is 12.4. The summed E-state index contributed by atoms with van der Waals surface area (Å²) in [5.41, 5.74) is 4.45. The Kier molecular flexibility index (Phi) is 4.70. The predicted molar refractivity (Wildman–Crippen MR) is 105 cm³/mol. The van der Waals surface area contributed by atoms with Crippen molar-refractivity contribution in [2.75, 3.05) is 11.6 Å². The Morgan fingerprint density at radius 2 is 1.93 bits per heavy atom. The van der Waals surface area contributed by atoms with Gasteiger partial charge in [0.1, 0.15) is 5.69 Å². The van der Waals surface area contributed by atoms with E-state index < -0.39 is 0 Å². The minimum absolute atomic E-state index is 0.152. The SMILES string of the molecule is CC1=NN(c2ccc(C(=O)NCc3cc(-c4ccccc4)no3)cc2)CC1. The molecule has 0 spiro atoms. The number of rotatable bonds is 5. The minimum atomic E-state index is -0.152. The fourth-order valence-corrected chi connectivity index (χ4v) is 2.96. The van der Waals surface area contributed by atoms with Gasteiger partial charge in [-0.05, 0) is 31.2 Å². The van der Waals surface area contributed by atoms with Gasteiger partial charge in [0.05, 0.1) is 12.2 Å². The van der Waals surface area contributed by atoms with Crippen LogP contribution >= 0.6 is 0 Å². The lowest BCUT2D eigenvalue weighted by Crippen LogP contribution is -2.22. The number of hydrogen-bond donors (Lipinski definition) is 1. The van der Waals surface area contributed by atoms with Crippen LogP contribution in [0.2, 0.25) is 0 Å². The fourth-order valence-electron chi connectivity index (χ4n) is 2.96. The summed E-state index contributed by atoms with van der Waals surface area (Å²) in [7, 11) is 0. The molecule has 1 aliphatic heterocycles. The quantitative estimate of drug-likeness (QED) is 0.750. The van der Waals surface area contributed by atoms with Crippen LogP contribution in [0.1, 0.15) is 29.5 Å². The molecule has 1 aromatic heterocycles. The van der Waals surface area contributed by atoms with E-state index in [0.717, 1.165) is 35.6 Å². The normalized spacial score (nSPS) is 13.5. The van der Waals surface area contributed by atoms with Crippen LogP contribution in [-0.4, -0.2) is 23.3 Å². The fraction of sp³-hybridized carbons (Fsp3) is 0.190. The van der Waals surface area contributed by atoms with Gasteiger partial charge in [-0.1, -0.05) is 35.5 Å². The molecule has 3 aromatic rings. The van der Waals surface area contributed by atoms with Gasteiger partial charge in [-0.25, -0.2) is 0 Å². The third-order valence-electron chi connectivity index (χ3n) is 4.46. The van der Waals surface area contributed by atoms with Crippen LogP contribution in [0.15, 0.2) is 70.3 Å². The summed E-state index contributed by atoms with van der Waals surface area (Å²) >= 11 is 0. The van der Waals surface area contributed by atoms with Crippen molar-refractivity contribution in [1.82, 2.24) is 10.5 Å². The maximum Gasteiger partial charge on any atom is 0.251 e. The molecule has 0 aliphatic carbocycles. The van der Waals surface area contributed by atoms with Crippen molar-refractivity contribution in [3.05, 3.63) is 72.0 Å². The number of aromatic nitrogens is 1. The third-order valence-corrected chi connectivity index (χ3v) is 4.46. The van der Waals surface area contributed by atoms with E-state index in [1.165, 1.54) is 0 Å². The highest BCUT2D eigenvalue weighted by Crippen LogP contribution is 2.20. The Bertz CT molecular complexity index is 961. The molecule has 1 aliphatic rings. The second-order valence-corrected chi connectivity index (χ2v) is 6.48. The molecular formula is C21H20N4O2. The van der Waals surface area contributed by atoms with Crippen LogP contribution in [-0.2, 0) is 6.54 Å². The number of carbonyl (C=O) groups excluding carboxylic acids is 1. The molecule has 0 bridgehead atoms. The first-order valence-corrected chi connectivity index (χ1v) is 8.90. The molecule has 0 saturated heterocycles. The van der Waals surface area contributed by atoms with Crippen molar-refractivity contribution in [1.29, 1.82) is 0 Å². The van der Waals surface area contributed by atoms with E-state index in [-0.39, 0.29) is 12.5 Å². The molecule has 0 fully saturated rings. The lowest BCUT2D eigenvalue weighted by molar-refractivity contribution is 0.0947. The van der Waals surface area contributed by atoms with Gasteiger partial charge in [-0.15, -0.1) is 0 Å². The van der Waals surface area contributed by atoms with Crippen LogP contribution < -0.4 is 10.3 Å². The minimum Gasteiger partial charge on any atom is -0.359 e. The molecule has 0 saturated carbocycles. The van der Waals surface area contributed by atoms with Crippen molar-refractivity contribution < 1.29 is 9.32 Å². The van der Waals surface area contributed by atoms with Crippen LogP contribution in [0, 0.1) is 0 Å². The standard InChI is InChI=1S/C21H20N4O2/c1-15-11-12-25(23-15)18-9-7-17(8-10-18)21(26)22-14-19-13-20(24-27-19)16-5-3-2-4-6-16/h2-10,13H,11-12,14H2,1H3,(H,22,26). The Balaban J connectivity index is 1.36. The van der Waals surface area contributed by atoms with Crippen molar-refractivity contribution >= 4 is 17.3 Å². The Morgan fingerprint density at radius 3 is 2.63 bits per heavy atom. The first-order valence-electron chi connectivity index (χ1n) is 8.90. The number of nitrogens with one attached hydrogen (secondary N) is 1. The Morgan fingerprint density at radius 1 is 1.15 bits per heavy atom. The summed E-state index contributed by atoms with van der Waals surface area (Å²) in [6, 6.07) is 19.1. The summed E-state index contributed by atoms with van der Waals surface area (Å²) in [5, 5.41) is 13.3. The zero-order chi connectivity index (χ0) is 18.6. The summed E-state index contributed by atoms with van der Waals surface area (Å²) < 4.78 is 5.32. The van der Waals surface area contributed by atoms with Crippen molar-refractivity contribution in [2.24, 2.45) is 5.10 Å². The number of amides is 1. The van der Waals surface area contributed by atoms with E-state index >= 15 is 0 Å². The van der Waals surface area contributed by atoms with Gasteiger partial charge in [0.15, 0.2) is 5.76 Å². The molecule has 4 rings (SSSR count). The molecular weight excluding hydrogens is 340 g/mol. The third kappa shape index (κ3) is 3.89. The maximum atomic E-state index is 12.4. The molecule has 0 unspecified atom stereocenters. The second kappa shape index (κ2) is 7.45. The van der Waals surface area contributed by atoms with E-state index in [4.69, 9.17) is 4.52 Å². The Hall–Kier alpha value is -3.41. The number of anilines is 1. The molecule has 27 heavy (non-hydrogen) atoms. The molecule has 6 nitrogen and oxygen atoms in total. The molecule has 0 radical (unpaired) electrons. The summed E-state index contributed by atoms with van der Waals surface area (Å²) in [6.45, 7) is 3.19. The van der Waals surface area contributed by atoms with Crippen molar-refractivity contribution in [3.63, 3.8) is 0 Å². The number of carbonyl (C=O) groups is 1. The lowest BCUT2D eigenvalue weighted by Gasteiger charge is -2.13. The van der Waals surface area contributed by atoms with Gasteiger partial charge in [0.2, 0.25) is 0 Å². The highest BCUT2D eigenvalue weighted by Gasteiger charge is 2.14. The van der Waals surface area contributed by atoms with Gasteiger partial charge < -0.3 is 9.84 Å². The molecule has 1 amide bonds. The number of benzene rings is 2. The van der Waals surface area contributed by atoms with Crippen LogP contribution in [0.3, 0.4) is 0 Å². The second-order valence-electron chi connectivity index (χ2n) is 6.48. The van der Waals surface area contributed by atoms with E-state index in [2.05, 4.69) is 15.6 Å². The number of nitrogens with zero attached hydrogens (tertiary/aromatic N) is 3. The van der Waals surface area contributed by atoms with E-state index in [1.807, 2.05) is 72.6 Å². The molecule has 2 heterocycles. The van der Waals surface area contributed by atoms with E-state index in [9.17, 15) is 4.79 Å². The number of hydrogen-bond acceptors (Lipinski definition) is 5. The zero-order valence-electron chi connectivity index (χ0n) is 15.1. The number of hydrazone groups is 1. The highest BCUT2D eigenvalue weighted by molar-refractivity contribution is 5.94. The Labute approximate surface area is 157 Å².